The summed E-state index contributed by atoms with van der Waals surface area (Å²) in [6.45, 7) is 29.7. The monoisotopic (exact) mass is 961 g/mol. The molecule has 0 aromatic heterocycles. The smallest absolute Gasteiger partial charge is 0.410 e. The number of hydrazone groups is 2. The molecule has 68 heavy (non-hydrogen) atoms. The Morgan fingerprint density at radius 3 is 1.75 bits per heavy atom. The Labute approximate surface area is 401 Å². The van der Waals surface area contributed by atoms with Gasteiger partial charge in [0.2, 0.25) is 0 Å². The number of carbonyl (C=O) groups is 4. The van der Waals surface area contributed by atoms with Gasteiger partial charge in [0, 0.05) is 52.2 Å². The maximum Gasteiger partial charge on any atom is 0.410 e. The molecule has 3 N–H and O–H groups in total. The molecule has 2 fully saturated rings. The molecule has 20 heteroatoms. The first-order valence-corrected chi connectivity index (χ1v) is 27.4. The molecule has 8 rings (SSSR count). The van der Waals surface area contributed by atoms with Gasteiger partial charge in [-0.25, -0.2) is 20.0 Å². The standard InChI is InChI=1S/C27H43N5O5Si.C21H29N5O4/c1-19-24(33)31(18-35-13-14-38(6,7)8)29-23-16-36-22-10-9-20(15-21(22)32(19)23)28-27(5)11-12-30(17-27)25(34)37-26(2,3)4;1-13-18(27)24-23-17-11-29-16-7-6-14(10-15(16)26(13)17)22-21(5)8-9-25(12-21)19(28)30-20(2,3)4/h9-10,15,19,28H,11-14,16-18H2,1-8H3;6-7,10,13,22H,8-9,11-12H2,1-5H3,(H,24,27). The lowest BCUT2D eigenvalue weighted by molar-refractivity contribution is -0.138. The van der Waals surface area contributed by atoms with Crippen molar-refractivity contribution in [1.29, 1.82) is 0 Å². The lowest BCUT2D eigenvalue weighted by Crippen LogP contribution is -2.57. The third-order valence-electron chi connectivity index (χ3n) is 12.4. The van der Waals surface area contributed by atoms with Gasteiger partial charge in [-0.3, -0.25) is 9.59 Å². The molecule has 6 heterocycles. The fourth-order valence-corrected chi connectivity index (χ4v) is 9.55. The van der Waals surface area contributed by atoms with Gasteiger partial charge in [0.25, 0.3) is 11.8 Å². The van der Waals surface area contributed by atoms with E-state index in [1.54, 1.807) is 9.80 Å². The average Bonchev–Trinajstić information content (AvgIpc) is 3.83. The maximum atomic E-state index is 13.2. The molecule has 6 aliphatic rings. The molecule has 4 atom stereocenters. The van der Waals surface area contributed by atoms with E-state index >= 15 is 0 Å². The average molecular weight is 961 g/mol. The predicted octanol–water partition coefficient (Wildman–Crippen LogP) is 7.08. The second-order valence-corrected chi connectivity index (χ2v) is 27.9. The van der Waals surface area contributed by atoms with E-state index < -0.39 is 25.3 Å². The zero-order valence-electron chi connectivity index (χ0n) is 42.2. The zero-order valence-corrected chi connectivity index (χ0v) is 43.2. The van der Waals surface area contributed by atoms with Crippen molar-refractivity contribution in [2.45, 2.75) is 142 Å². The highest BCUT2D eigenvalue weighted by Crippen LogP contribution is 2.41. The van der Waals surface area contributed by atoms with E-state index in [1.165, 1.54) is 5.01 Å². The van der Waals surface area contributed by atoms with Crippen LogP contribution in [-0.2, 0) is 23.8 Å². The number of nitrogens with one attached hydrogen (secondary N) is 3. The van der Waals surface area contributed by atoms with Gasteiger partial charge in [0.05, 0.1) is 22.5 Å². The quantitative estimate of drug-likeness (QED) is 0.171. The summed E-state index contributed by atoms with van der Waals surface area (Å²) < 4.78 is 28.7. The summed E-state index contributed by atoms with van der Waals surface area (Å²) in [5.41, 5.74) is 4.27. The van der Waals surface area contributed by atoms with Crippen LogP contribution < -0.4 is 35.3 Å². The lowest BCUT2D eigenvalue weighted by Gasteiger charge is -2.41. The molecule has 6 aliphatic heterocycles. The third-order valence-corrected chi connectivity index (χ3v) is 14.1. The maximum absolute atomic E-state index is 13.2. The summed E-state index contributed by atoms with van der Waals surface area (Å²) in [5.74, 6) is 2.52. The minimum Gasteiger partial charge on any atom is -0.483 e. The molecule has 0 bridgehead atoms. The van der Waals surface area contributed by atoms with E-state index in [0.717, 1.165) is 41.6 Å². The Kier molecular flexibility index (Phi) is 14.0. The number of hydrogen-bond donors (Lipinski definition) is 3. The van der Waals surface area contributed by atoms with Gasteiger partial charge in [-0.15, -0.1) is 0 Å². The second kappa shape index (κ2) is 19.0. The Bertz CT molecular complexity index is 2330. The van der Waals surface area contributed by atoms with Gasteiger partial charge in [-0.05, 0) is 125 Å². The van der Waals surface area contributed by atoms with Crippen molar-refractivity contribution in [3.8, 4) is 11.5 Å². The van der Waals surface area contributed by atoms with Gasteiger partial charge in [0.15, 0.2) is 11.7 Å². The van der Waals surface area contributed by atoms with Crippen LogP contribution in [0.15, 0.2) is 46.6 Å². The van der Waals surface area contributed by atoms with E-state index in [-0.39, 0.29) is 54.5 Å². The summed E-state index contributed by atoms with van der Waals surface area (Å²) in [5, 5.41) is 17.3. The Balaban J connectivity index is 0.000000207. The second-order valence-electron chi connectivity index (χ2n) is 22.3. The fourth-order valence-electron chi connectivity index (χ4n) is 8.79. The summed E-state index contributed by atoms with van der Waals surface area (Å²) >= 11 is 0. The molecule has 2 saturated heterocycles. The van der Waals surface area contributed by atoms with Gasteiger partial charge >= 0.3 is 12.2 Å². The van der Waals surface area contributed by atoms with Crippen molar-refractivity contribution in [2.24, 2.45) is 10.2 Å². The van der Waals surface area contributed by atoms with Crippen LogP contribution >= 0.6 is 0 Å². The van der Waals surface area contributed by atoms with Crippen LogP contribution in [0.4, 0.5) is 32.3 Å². The Morgan fingerprint density at radius 2 is 1.26 bits per heavy atom. The summed E-state index contributed by atoms with van der Waals surface area (Å²) in [6, 6.07) is 11.9. The normalized spacial score (nSPS) is 24.4. The van der Waals surface area contributed by atoms with Crippen LogP contribution in [0.25, 0.3) is 0 Å². The fraction of sp³-hybridized carbons (Fsp3) is 0.625. The van der Waals surface area contributed by atoms with Crippen molar-refractivity contribution in [2.75, 3.05) is 73.2 Å². The third kappa shape index (κ3) is 11.9. The van der Waals surface area contributed by atoms with Gasteiger partial charge < -0.3 is 53.9 Å². The van der Waals surface area contributed by atoms with Crippen LogP contribution in [0.1, 0.15) is 82.1 Å². The Hall–Kier alpha value is -5.76. The van der Waals surface area contributed by atoms with Crippen molar-refractivity contribution in [3.63, 3.8) is 0 Å². The lowest BCUT2D eigenvalue weighted by atomic mass is 10.0. The van der Waals surface area contributed by atoms with Gasteiger partial charge in [-0.2, -0.15) is 10.2 Å². The van der Waals surface area contributed by atoms with Crippen LogP contribution in [0.5, 0.6) is 11.5 Å². The predicted molar refractivity (Wildman–Crippen MR) is 265 cm³/mol. The number of carbonyl (C=O) groups excluding carboxylic acids is 4. The number of hydrogen-bond acceptors (Lipinski definition) is 15. The molecule has 4 amide bonds. The van der Waals surface area contributed by atoms with E-state index in [1.807, 2.05) is 102 Å². The number of anilines is 4. The molecule has 0 spiro atoms. The highest BCUT2D eigenvalue weighted by Gasteiger charge is 2.42. The van der Waals surface area contributed by atoms with Crippen molar-refractivity contribution in [1.82, 2.24) is 20.2 Å². The highest BCUT2D eigenvalue weighted by atomic mass is 28.3. The number of benzene rings is 2. The number of ether oxygens (including phenoxy) is 5. The molecule has 0 aliphatic carbocycles. The summed E-state index contributed by atoms with van der Waals surface area (Å²) in [7, 11) is -1.21. The van der Waals surface area contributed by atoms with E-state index in [0.29, 0.717) is 62.6 Å². The number of likely N-dealkylation sites (tertiary alicyclic amines) is 2. The van der Waals surface area contributed by atoms with Crippen molar-refractivity contribution >= 4 is 66.5 Å². The van der Waals surface area contributed by atoms with Gasteiger partial charge in [0.1, 0.15) is 54.7 Å². The molecular weight excluding hydrogens is 889 g/mol. The highest BCUT2D eigenvalue weighted by molar-refractivity contribution is 6.76. The zero-order chi connectivity index (χ0) is 49.6. The number of amides is 4. The Morgan fingerprint density at radius 1 is 0.779 bits per heavy atom. The molecule has 372 valence electrons. The van der Waals surface area contributed by atoms with E-state index in [2.05, 4.69) is 59.8 Å². The van der Waals surface area contributed by atoms with Crippen LogP contribution in [0.2, 0.25) is 25.7 Å². The molecular formula is C48H72N10O9Si. The SMILES string of the molecule is CC1C(=O)N(COCC[Si](C)(C)C)N=C2COc3ccc(NC4(C)CCN(C(=O)OC(C)(C)C)C4)cc3N21.CC1C(=O)NN=C2COc3ccc(NC4(C)CCN(C(=O)OC(C)(C)C)C4)cc3N21. The number of amidine groups is 2. The molecule has 2 aromatic carbocycles. The topological polar surface area (TPSA) is 191 Å². The minimum atomic E-state index is -1.21. The first kappa shape index (κ1) is 50.1. The number of rotatable bonds is 9. The first-order valence-electron chi connectivity index (χ1n) is 23.7. The first-order chi connectivity index (χ1) is 31.7. The number of fused-ring (bicyclic) bond motifs is 6. The molecule has 19 nitrogen and oxygen atoms in total. The molecule has 2 aromatic rings. The van der Waals surface area contributed by atoms with Crippen molar-refractivity contribution in [3.05, 3.63) is 36.4 Å². The summed E-state index contributed by atoms with van der Waals surface area (Å²) in [6.07, 6.45) is 1.01. The minimum absolute atomic E-state index is 0.108. The van der Waals surface area contributed by atoms with Crippen molar-refractivity contribution < 1.29 is 42.9 Å². The molecule has 0 saturated carbocycles. The molecule has 4 unspecified atom stereocenters. The molecule has 0 radical (unpaired) electrons. The number of nitrogens with zero attached hydrogens (tertiary/aromatic N) is 7. The largest absolute Gasteiger partial charge is 0.483 e. The van der Waals surface area contributed by atoms with E-state index in [4.69, 9.17) is 23.7 Å². The van der Waals surface area contributed by atoms with Crippen LogP contribution in [0, 0.1) is 0 Å². The van der Waals surface area contributed by atoms with E-state index in [9.17, 15) is 19.2 Å². The summed E-state index contributed by atoms with van der Waals surface area (Å²) in [4.78, 5) is 57.6. The van der Waals surface area contributed by atoms with Gasteiger partial charge in [-0.1, -0.05) is 19.6 Å². The van der Waals surface area contributed by atoms with Crippen LogP contribution in [-0.4, -0.2) is 146 Å². The van der Waals surface area contributed by atoms with Crippen LogP contribution in [0.3, 0.4) is 0 Å².